The summed E-state index contributed by atoms with van der Waals surface area (Å²) in [7, 11) is 6.05. The predicted octanol–water partition coefficient (Wildman–Crippen LogP) is 0.334. The third kappa shape index (κ3) is 4.85. The molecule has 0 aromatic rings. The van der Waals surface area contributed by atoms with Crippen LogP contribution in [0.2, 0.25) is 0 Å². The zero-order chi connectivity index (χ0) is 11.8. The number of carbonyl (C=O) groups excluding carboxylic acids is 2. The molecule has 0 spiro atoms. The highest BCUT2D eigenvalue weighted by Gasteiger charge is 2.18. The van der Waals surface area contributed by atoms with E-state index in [0.29, 0.717) is 0 Å². The molecule has 0 atom stereocenters. The topological polar surface area (TPSA) is 55.8 Å². The van der Waals surface area contributed by atoms with Crippen molar-refractivity contribution in [1.29, 1.82) is 0 Å². The van der Waals surface area contributed by atoms with E-state index in [9.17, 15) is 9.59 Å². The predicted molar refractivity (Wildman–Crippen MR) is 54.9 cm³/mol. The van der Waals surface area contributed by atoms with Crippen LogP contribution < -0.4 is 0 Å². The van der Waals surface area contributed by atoms with Crippen LogP contribution in [0.5, 0.6) is 0 Å². The van der Waals surface area contributed by atoms with Gasteiger partial charge in [0, 0.05) is 14.1 Å². The summed E-state index contributed by atoms with van der Waals surface area (Å²) in [4.78, 5) is 24.1. The van der Waals surface area contributed by atoms with Crippen molar-refractivity contribution in [3.8, 4) is 0 Å². The first-order valence-corrected chi connectivity index (χ1v) is 4.24. The van der Waals surface area contributed by atoms with Crippen molar-refractivity contribution in [2.24, 2.45) is 0 Å². The maximum atomic E-state index is 11.1. The summed E-state index contributed by atoms with van der Waals surface area (Å²) < 4.78 is 8.87. The molecule has 0 fully saturated rings. The Morgan fingerprint density at radius 2 is 1.53 bits per heavy atom. The molecule has 0 radical (unpaired) electrons. The molecule has 0 heterocycles. The van der Waals surface area contributed by atoms with E-state index in [1.807, 2.05) is 14.1 Å². The molecule has 0 N–H and O–H groups in total. The fraction of sp³-hybridized carbons (Fsp3) is 0.400. The van der Waals surface area contributed by atoms with Gasteiger partial charge >= 0.3 is 11.9 Å². The van der Waals surface area contributed by atoms with E-state index in [1.54, 1.807) is 17.2 Å². The summed E-state index contributed by atoms with van der Waals surface area (Å²) in [6, 6.07) is 0. The van der Waals surface area contributed by atoms with Gasteiger partial charge in [0.25, 0.3) is 0 Å². The fourth-order valence-corrected chi connectivity index (χ4v) is 0.751. The Hall–Kier alpha value is -1.78. The van der Waals surface area contributed by atoms with Crippen molar-refractivity contribution < 1.29 is 19.1 Å². The largest absolute Gasteiger partial charge is 0.465 e. The van der Waals surface area contributed by atoms with Crippen LogP contribution in [0.3, 0.4) is 0 Å². The van der Waals surface area contributed by atoms with E-state index in [0.717, 1.165) is 0 Å². The van der Waals surface area contributed by atoms with Gasteiger partial charge in [-0.2, -0.15) is 0 Å². The average Bonchev–Trinajstić information content (AvgIpc) is 2.22. The molecule has 0 amide bonds. The lowest BCUT2D eigenvalue weighted by Crippen LogP contribution is -2.15. The summed E-state index contributed by atoms with van der Waals surface area (Å²) in [5.41, 5.74) is -0.141. The fourth-order valence-electron chi connectivity index (χ4n) is 0.751. The van der Waals surface area contributed by atoms with E-state index < -0.39 is 11.9 Å². The monoisotopic (exact) mass is 213 g/mol. The van der Waals surface area contributed by atoms with Crippen molar-refractivity contribution in [3.05, 3.63) is 23.9 Å². The zero-order valence-corrected chi connectivity index (χ0v) is 9.31. The molecule has 5 nitrogen and oxygen atoms in total. The van der Waals surface area contributed by atoms with Gasteiger partial charge in [-0.25, -0.2) is 9.59 Å². The van der Waals surface area contributed by atoms with Crippen molar-refractivity contribution in [2.75, 3.05) is 28.3 Å². The highest BCUT2D eigenvalue weighted by molar-refractivity contribution is 6.14. The van der Waals surface area contributed by atoms with Crippen molar-refractivity contribution in [1.82, 2.24) is 4.90 Å². The molecule has 0 aliphatic carbocycles. The number of esters is 2. The van der Waals surface area contributed by atoms with Crippen LogP contribution in [0.4, 0.5) is 0 Å². The normalized spacial score (nSPS) is 9.60. The molecule has 84 valence electrons. The maximum Gasteiger partial charge on any atom is 0.345 e. The van der Waals surface area contributed by atoms with Crippen LogP contribution in [-0.2, 0) is 19.1 Å². The molecular formula is C10H15NO4. The molecule has 0 saturated carbocycles. The molecule has 0 aliphatic rings. The van der Waals surface area contributed by atoms with Crippen LogP contribution in [-0.4, -0.2) is 45.2 Å². The lowest BCUT2D eigenvalue weighted by Gasteiger charge is -2.03. The van der Waals surface area contributed by atoms with Crippen molar-refractivity contribution >= 4 is 11.9 Å². The number of hydrogen-bond acceptors (Lipinski definition) is 5. The Morgan fingerprint density at radius 1 is 1.07 bits per heavy atom. The van der Waals surface area contributed by atoms with Gasteiger partial charge in [0.15, 0.2) is 0 Å². The second-order valence-electron chi connectivity index (χ2n) is 2.87. The first-order chi connectivity index (χ1) is 7.02. The van der Waals surface area contributed by atoms with E-state index in [1.165, 1.54) is 20.3 Å². The third-order valence-corrected chi connectivity index (χ3v) is 1.46. The summed E-state index contributed by atoms with van der Waals surface area (Å²) in [5.74, 6) is -1.43. The molecular weight excluding hydrogens is 198 g/mol. The first kappa shape index (κ1) is 13.2. The number of ether oxygens (including phenoxy) is 2. The molecule has 15 heavy (non-hydrogen) atoms. The second-order valence-corrected chi connectivity index (χ2v) is 2.87. The Morgan fingerprint density at radius 3 is 1.87 bits per heavy atom. The molecule has 0 rings (SSSR count). The molecule has 0 aromatic heterocycles. The molecule has 0 aliphatic heterocycles. The highest BCUT2D eigenvalue weighted by atomic mass is 16.5. The average molecular weight is 213 g/mol. The van der Waals surface area contributed by atoms with Crippen molar-refractivity contribution in [3.63, 3.8) is 0 Å². The van der Waals surface area contributed by atoms with Crippen LogP contribution >= 0.6 is 0 Å². The minimum atomic E-state index is -0.717. The number of carbonyl (C=O) groups is 2. The molecule has 0 saturated heterocycles. The maximum absolute atomic E-state index is 11.1. The molecule has 0 unspecified atom stereocenters. The second kappa shape index (κ2) is 6.64. The number of nitrogens with zero attached hydrogens (tertiary/aromatic N) is 1. The highest BCUT2D eigenvalue weighted by Crippen LogP contribution is 2.01. The van der Waals surface area contributed by atoms with Gasteiger partial charge in [-0.1, -0.05) is 0 Å². The Kier molecular flexibility index (Phi) is 5.85. The minimum Gasteiger partial charge on any atom is -0.465 e. The number of methoxy groups -OCH3 is 2. The lowest BCUT2D eigenvalue weighted by atomic mass is 10.2. The van der Waals surface area contributed by atoms with Gasteiger partial charge in [0.05, 0.1) is 14.2 Å². The van der Waals surface area contributed by atoms with E-state index in [-0.39, 0.29) is 5.57 Å². The number of rotatable bonds is 4. The SMILES string of the molecule is COC(=O)C(=C/C=C/N(C)C)C(=O)OC. The third-order valence-electron chi connectivity index (χ3n) is 1.46. The smallest absolute Gasteiger partial charge is 0.345 e. The standard InChI is InChI=1S/C10H15NO4/c1-11(2)7-5-6-8(9(12)14-3)10(13)15-4/h5-7H,1-4H3/b7-5+. The van der Waals surface area contributed by atoms with Crippen LogP contribution in [0.15, 0.2) is 23.9 Å². The van der Waals surface area contributed by atoms with Crippen LogP contribution in [0.1, 0.15) is 0 Å². The van der Waals surface area contributed by atoms with Crippen LogP contribution in [0, 0.1) is 0 Å². The van der Waals surface area contributed by atoms with Crippen molar-refractivity contribution in [2.45, 2.75) is 0 Å². The summed E-state index contributed by atoms with van der Waals surface area (Å²) in [5, 5.41) is 0. The van der Waals surface area contributed by atoms with Gasteiger partial charge in [0.1, 0.15) is 5.57 Å². The van der Waals surface area contributed by atoms with E-state index >= 15 is 0 Å². The lowest BCUT2D eigenvalue weighted by molar-refractivity contribution is -0.144. The van der Waals surface area contributed by atoms with E-state index in [2.05, 4.69) is 9.47 Å². The van der Waals surface area contributed by atoms with Crippen LogP contribution in [0.25, 0.3) is 0 Å². The van der Waals surface area contributed by atoms with Gasteiger partial charge in [-0.15, -0.1) is 0 Å². The first-order valence-electron chi connectivity index (χ1n) is 4.24. The number of allylic oxidation sites excluding steroid dienone is 2. The minimum absolute atomic E-state index is 0.141. The molecule has 0 aromatic carbocycles. The Balaban J connectivity index is 4.78. The molecule has 5 heteroatoms. The summed E-state index contributed by atoms with van der Waals surface area (Å²) in [6.45, 7) is 0. The molecule has 0 bridgehead atoms. The van der Waals surface area contributed by atoms with Gasteiger partial charge in [-0.3, -0.25) is 0 Å². The van der Waals surface area contributed by atoms with Gasteiger partial charge in [0.2, 0.25) is 0 Å². The number of hydrogen-bond donors (Lipinski definition) is 0. The zero-order valence-electron chi connectivity index (χ0n) is 9.31. The Labute approximate surface area is 89.0 Å². The van der Waals surface area contributed by atoms with E-state index in [4.69, 9.17) is 0 Å². The van der Waals surface area contributed by atoms with Gasteiger partial charge < -0.3 is 14.4 Å². The quantitative estimate of drug-likeness (QED) is 0.221. The van der Waals surface area contributed by atoms with Gasteiger partial charge in [-0.05, 0) is 18.4 Å². The summed E-state index contributed by atoms with van der Waals surface area (Å²) in [6.07, 6.45) is 4.59. The summed E-state index contributed by atoms with van der Waals surface area (Å²) >= 11 is 0. The Bertz CT molecular complexity index is 274.